The molecule has 4 nitrogen and oxygen atoms in total. The SMILES string of the molecule is c1ccc(COc2ccc(N3CC[N]C(C4CCOCC4)C3)cc2)cc1. The van der Waals surface area contributed by atoms with Gasteiger partial charge in [0.05, 0.1) is 0 Å². The zero-order valence-corrected chi connectivity index (χ0v) is 15.2. The van der Waals surface area contributed by atoms with Crippen LogP contribution < -0.4 is 15.0 Å². The number of anilines is 1. The molecule has 2 fully saturated rings. The molecule has 0 aliphatic carbocycles. The Morgan fingerprint density at radius 2 is 1.77 bits per heavy atom. The Bertz CT molecular complexity index is 668. The van der Waals surface area contributed by atoms with Gasteiger partial charge in [0.2, 0.25) is 0 Å². The molecule has 1 radical (unpaired) electrons. The van der Waals surface area contributed by atoms with Crippen LogP contribution in [0.4, 0.5) is 5.69 Å². The first-order valence-electron chi connectivity index (χ1n) is 9.64. The van der Waals surface area contributed by atoms with Gasteiger partial charge in [0, 0.05) is 44.6 Å². The molecule has 2 aromatic rings. The third-order valence-electron chi connectivity index (χ3n) is 5.40. The van der Waals surface area contributed by atoms with E-state index in [1.54, 1.807) is 0 Å². The summed E-state index contributed by atoms with van der Waals surface area (Å²) >= 11 is 0. The van der Waals surface area contributed by atoms with Gasteiger partial charge in [0.1, 0.15) is 12.4 Å². The van der Waals surface area contributed by atoms with Crippen LogP contribution in [0.3, 0.4) is 0 Å². The monoisotopic (exact) mass is 351 g/mol. The molecule has 26 heavy (non-hydrogen) atoms. The fourth-order valence-corrected chi connectivity index (χ4v) is 3.85. The molecular weight excluding hydrogens is 324 g/mol. The van der Waals surface area contributed by atoms with Crippen molar-refractivity contribution < 1.29 is 9.47 Å². The van der Waals surface area contributed by atoms with Gasteiger partial charge in [0.25, 0.3) is 0 Å². The summed E-state index contributed by atoms with van der Waals surface area (Å²) in [5, 5.41) is 4.89. The molecule has 0 amide bonds. The first kappa shape index (κ1) is 17.4. The normalized spacial score (nSPS) is 21.5. The van der Waals surface area contributed by atoms with Crippen LogP contribution in [0.2, 0.25) is 0 Å². The molecule has 2 aliphatic heterocycles. The maximum Gasteiger partial charge on any atom is 0.119 e. The molecule has 2 heterocycles. The van der Waals surface area contributed by atoms with Crippen LogP contribution >= 0.6 is 0 Å². The highest BCUT2D eigenvalue weighted by Gasteiger charge is 2.29. The lowest BCUT2D eigenvalue weighted by atomic mass is 9.90. The third-order valence-corrected chi connectivity index (χ3v) is 5.40. The number of benzene rings is 2. The minimum Gasteiger partial charge on any atom is -0.489 e. The Balaban J connectivity index is 1.33. The Hall–Kier alpha value is -2.04. The molecule has 2 aromatic carbocycles. The van der Waals surface area contributed by atoms with E-state index >= 15 is 0 Å². The summed E-state index contributed by atoms with van der Waals surface area (Å²) in [5.41, 5.74) is 2.46. The summed E-state index contributed by atoms with van der Waals surface area (Å²) in [7, 11) is 0. The Morgan fingerprint density at radius 3 is 2.54 bits per heavy atom. The first-order chi connectivity index (χ1) is 12.9. The molecule has 0 N–H and O–H groups in total. The molecule has 1 atom stereocenters. The van der Waals surface area contributed by atoms with E-state index in [2.05, 4.69) is 41.3 Å². The molecule has 2 aliphatic rings. The van der Waals surface area contributed by atoms with E-state index in [-0.39, 0.29) is 0 Å². The van der Waals surface area contributed by atoms with Crippen molar-refractivity contribution in [2.24, 2.45) is 5.92 Å². The molecular formula is C22H27N2O2. The average molecular weight is 351 g/mol. The second kappa shape index (κ2) is 8.56. The lowest BCUT2D eigenvalue weighted by Gasteiger charge is -2.39. The Kier molecular flexibility index (Phi) is 5.72. The van der Waals surface area contributed by atoms with E-state index in [4.69, 9.17) is 14.8 Å². The van der Waals surface area contributed by atoms with Gasteiger partial charge in [-0.3, -0.25) is 0 Å². The van der Waals surface area contributed by atoms with Crippen molar-refractivity contribution in [2.45, 2.75) is 25.5 Å². The van der Waals surface area contributed by atoms with E-state index in [1.165, 1.54) is 11.3 Å². The minimum absolute atomic E-state index is 0.446. The second-order valence-corrected chi connectivity index (χ2v) is 7.14. The van der Waals surface area contributed by atoms with Crippen molar-refractivity contribution in [3.8, 4) is 5.75 Å². The summed E-state index contributed by atoms with van der Waals surface area (Å²) < 4.78 is 11.4. The van der Waals surface area contributed by atoms with Crippen LogP contribution in [0.1, 0.15) is 18.4 Å². The quantitative estimate of drug-likeness (QED) is 0.827. The predicted octanol–water partition coefficient (Wildman–Crippen LogP) is 3.49. The first-order valence-corrected chi connectivity index (χ1v) is 9.64. The Labute approximate surface area is 156 Å². The molecule has 0 spiro atoms. The summed E-state index contributed by atoms with van der Waals surface area (Å²) in [6.07, 6.45) is 2.29. The van der Waals surface area contributed by atoms with Crippen LogP contribution in [-0.4, -0.2) is 38.9 Å². The lowest BCUT2D eigenvalue weighted by Crippen LogP contribution is -2.51. The summed E-state index contributed by atoms with van der Waals surface area (Å²) in [6.45, 7) is 5.34. The molecule has 0 saturated carbocycles. The second-order valence-electron chi connectivity index (χ2n) is 7.14. The maximum atomic E-state index is 5.90. The fraction of sp³-hybridized carbons (Fsp3) is 0.455. The zero-order valence-electron chi connectivity index (χ0n) is 15.2. The maximum absolute atomic E-state index is 5.90. The molecule has 137 valence electrons. The van der Waals surface area contributed by atoms with Crippen molar-refractivity contribution in [3.63, 3.8) is 0 Å². The van der Waals surface area contributed by atoms with Crippen LogP contribution in [0.5, 0.6) is 5.75 Å². The van der Waals surface area contributed by atoms with Crippen molar-refractivity contribution in [3.05, 3.63) is 60.2 Å². The van der Waals surface area contributed by atoms with Gasteiger partial charge in [-0.1, -0.05) is 30.3 Å². The summed E-state index contributed by atoms with van der Waals surface area (Å²) in [5.74, 6) is 1.60. The standard InChI is InChI=1S/C22H27N2O2/c1-2-4-18(5-3-1)17-26-21-8-6-20(7-9-21)24-13-12-23-22(16-24)19-10-14-25-15-11-19/h1-9,19,22H,10-17H2. The van der Waals surface area contributed by atoms with E-state index in [1.807, 2.05) is 18.2 Å². The van der Waals surface area contributed by atoms with Crippen LogP contribution in [-0.2, 0) is 11.3 Å². The Morgan fingerprint density at radius 1 is 1.00 bits per heavy atom. The summed E-state index contributed by atoms with van der Waals surface area (Å²) in [6, 6.07) is 19.2. The minimum atomic E-state index is 0.446. The smallest absolute Gasteiger partial charge is 0.119 e. The van der Waals surface area contributed by atoms with Crippen molar-refractivity contribution in [1.29, 1.82) is 0 Å². The highest BCUT2D eigenvalue weighted by molar-refractivity contribution is 5.49. The highest BCUT2D eigenvalue weighted by Crippen LogP contribution is 2.26. The lowest BCUT2D eigenvalue weighted by molar-refractivity contribution is 0.0526. The van der Waals surface area contributed by atoms with Gasteiger partial charge >= 0.3 is 0 Å². The number of piperazine rings is 1. The molecule has 4 rings (SSSR count). The third kappa shape index (κ3) is 4.37. The van der Waals surface area contributed by atoms with Gasteiger partial charge < -0.3 is 14.4 Å². The van der Waals surface area contributed by atoms with E-state index < -0.39 is 0 Å². The highest BCUT2D eigenvalue weighted by atomic mass is 16.5. The van der Waals surface area contributed by atoms with Gasteiger partial charge in [-0.25, -0.2) is 5.32 Å². The van der Waals surface area contributed by atoms with Crippen molar-refractivity contribution in [1.82, 2.24) is 5.32 Å². The number of hydrogen-bond acceptors (Lipinski definition) is 3. The summed E-state index contributed by atoms with van der Waals surface area (Å²) in [4.78, 5) is 2.47. The van der Waals surface area contributed by atoms with E-state index in [9.17, 15) is 0 Å². The van der Waals surface area contributed by atoms with Crippen LogP contribution in [0.15, 0.2) is 54.6 Å². The topological polar surface area (TPSA) is 35.8 Å². The molecule has 1 unspecified atom stereocenters. The fourth-order valence-electron chi connectivity index (χ4n) is 3.85. The largest absolute Gasteiger partial charge is 0.489 e. The van der Waals surface area contributed by atoms with E-state index in [0.717, 1.165) is 51.4 Å². The number of hydrogen-bond donors (Lipinski definition) is 0. The predicted molar refractivity (Wildman–Crippen MR) is 104 cm³/mol. The number of nitrogens with zero attached hydrogens (tertiary/aromatic N) is 2. The van der Waals surface area contributed by atoms with Crippen molar-refractivity contribution >= 4 is 5.69 Å². The number of ether oxygens (including phenoxy) is 2. The van der Waals surface area contributed by atoms with Crippen LogP contribution in [0.25, 0.3) is 0 Å². The zero-order chi connectivity index (χ0) is 17.6. The van der Waals surface area contributed by atoms with Gasteiger partial charge in [-0.05, 0) is 48.6 Å². The van der Waals surface area contributed by atoms with E-state index in [0.29, 0.717) is 18.6 Å². The molecule has 2 saturated heterocycles. The number of rotatable bonds is 5. The van der Waals surface area contributed by atoms with Gasteiger partial charge in [-0.15, -0.1) is 0 Å². The van der Waals surface area contributed by atoms with Gasteiger partial charge in [0.15, 0.2) is 0 Å². The average Bonchev–Trinajstić information content (AvgIpc) is 2.74. The van der Waals surface area contributed by atoms with Crippen molar-refractivity contribution in [2.75, 3.05) is 37.7 Å². The molecule has 4 heteroatoms. The molecule has 0 aromatic heterocycles. The van der Waals surface area contributed by atoms with Crippen LogP contribution in [0, 0.1) is 5.92 Å². The molecule has 0 bridgehead atoms. The van der Waals surface area contributed by atoms with Gasteiger partial charge in [-0.2, -0.15) is 0 Å².